The summed E-state index contributed by atoms with van der Waals surface area (Å²) in [6, 6.07) is 6.66. The lowest BCUT2D eigenvalue weighted by atomic mass is 10.0. The van der Waals surface area contributed by atoms with E-state index < -0.39 is 11.6 Å². The van der Waals surface area contributed by atoms with E-state index in [-0.39, 0.29) is 6.04 Å². The fourth-order valence-corrected chi connectivity index (χ4v) is 4.28. The molecule has 21 heavy (non-hydrogen) atoms. The lowest BCUT2D eigenvalue weighted by Crippen LogP contribution is -2.22. The number of nitrogens with one attached hydrogen (secondary N) is 1. The molecule has 1 unspecified atom stereocenters. The third kappa shape index (κ3) is 3.16. The van der Waals surface area contributed by atoms with Crippen molar-refractivity contribution in [1.29, 1.82) is 0 Å². The third-order valence-electron chi connectivity index (χ3n) is 3.98. The molecular formula is C17H19F2NS. The summed E-state index contributed by atoms with van der Waals surface area (Å²) >= 11 is 1.87. The highest BCUT2D eigenvalue weighted by Gasteiger charge is 2.20. The van der Waals surface area contributed by atoms with Gasteiger partial charge in [0.1, 0.15) is 0 Å². The van der Waals surface area contributed by atoms with Gasteiger partial charge >= 0.3 is 0 Å². The van der Waals surface area contributed by atoms with Crippen molar-refractivity contribution in [2.45, 2.75) is 38.6 Å². The summed E-state index contributed by atoms with van der Waals surface area (Å²) in [5.41, 5.74) is 2.30. The van der Waals surface area contributed by atoms with Gasteiger partial charge in [0.05, 0.1) is 0 Å². The Hall–Kier alpha value is -1.26. The van der Waals surface area contributed by atoms with Crippen LogP contribution in [0.3, 0.4) is 0 Å². The van der Waals surface area contributed by atoms with Crippen LogP contribution in [0.25, 0.3) is 0 Å². The van der Waals surface area contributed by atoms with Gasteiger partial charge in [-0.15, -0.1) is 11.3 Å². The number of fused-ring (bicyclic) bond motifs is 1. The van der Waals surface area contributed by atoms with Crippen LogP contribution in [0.5, 0.6) is 0 Å². The summed E-state index contributed by atoms with van der Waals surface area (Å²) < 4.78 is 26.4. The third-order valence-corrected chi connectivity index (χ3v) is 5.33. The monoisotopic (exact) mass is 307 g/mol. The van der Waals surface area contributed by atoms with Crippen LogP contribution < -0.4 is 5.32 Å². The first-order valence-corrected chi connectivity index (χ1v) is 8.28. The molecule has 0 saturated heterocycles. The maximum Gasteiger partial charge on any atom is 0.159 e. The normalized spacial score (nSPS) is 15.2. The number of rotatable bonds is 5. The van der Waals surface area contributed by atoms with Gasteiger partial charge < -0.3 is 5.32 Å². The maximum atomic E-state index is 13.4. The van der Waals surface area contributed by atoms with Crippen LogP contribution >= 0.6 is 11.3 Å². The fourth-order valence-electron chi connectivity index (χ4n) is 2.95. The molecule has 0 amide bonds. The van der Waals surface area contributed by atoms with Crippen molar-refractivity contribution in [3.8, 4) is 0 Å². The first-order valence-electron chi connectivity index (χ1n) is 7.46. The highest BCUT2D eigenvalue weighted by molar-refractivity contribution is 7.12. The molecule has 1 atom stereocenters. The quantitative estimate of drug-likeness (QED) is 0.863. The van der Waals surface area contributed by atoms with Gasteiger partial charge in [0.25, 0.3) is 0 Å². The average Bonchev–Trinajstić information content (AvgIpc) is 3.03. The Morgan fingerprint density at radius 2 is 2.05 bits per heavy atom. The minimum atomic E-state index is -0.783. The van der Waals surface area contributed by atoms with Crippen LogP contribution in [0, 0.1) is 11.6 Å². The smallest absolute Gasteiger partial charge is 0.159 e. The Labute approximate surface area is 128 Å². The summed E-state index contributed by atoms with van der Waals surface area (Å²) in [4.78, 5) is 2.81. The first-order chi connectivity index (χ1) is 10.2. The molecule has 0 saturated carbocycles. The van der Waals surface area contributed by atoms with Crippen molar-refractivity contribution in [2.75, 3.05) is 6.54 Å². The molecule has 1 heterocycles. The highest BCUT2D eigenvalue weighted by Crippen LogP contribution is 2.35. The Morgan fingerprint density at radius 1 is 1.19 bits per heavy atom. The average molecular weight is 307 g/mol. The molecule has 1 aliphatic rings. The SMILES string of the molecule is CCNC(Cc1ccc(F)c(F)c1)c1cc2c(s1)CCC2. The second kappa shape index (κ2) is 6.24. The lowest BCUT2D eigenvalue weighted by Gasteiger charge is -2.17. The fraction of sp³-hybridized carbons (Fsp3) is 0.412. The summed E-state index contributed by atoms with van der Waals surface area (Å²) in [7, 11) is 0. The van der Waals surface area contributed by atoms with Crippen molar-refractivity contribution in [3.63, 3.8) is 0 Å². The van der Waals surface area contributed by atoms with E-state index in [1.54, 1.807) is 6.07 Å². The molecule has 2 aromatic rings. The Balaban J connectivity index is 1.81. The van der Waals surface area contributed by atoms with E-state index in [2.05, 4.69) is 18.3 Å². The van der Waals surface area contributed by atoms with E-state index >= 15 is 0 Å². The van der Waals surface area contributed by atoms with E-state index in [1.165, 1.54) is 46.7 Å². The largest absolute Gasteiger partial charge is 0.309 e. The van der Waals surface area contributed by atoms with Crippen molar-refractivity contribution >= 4 is 11.3 Å². The van der Waals surface area contributed by atoms with Crippen LogP contribution in [-0.4, -0.2) is 6.54 Å². The van der Waals surface area contributed by atoms with Gasteiger partial charge in [-0.1, -0.05) is 13.0 Å². The molecule has 1 aliphatic carbocycles. The predicted molar refractivity (Wildman–Crippen MR) is 82.8 cm³/mol. The van der Waals surface area contributed by atoms with Gasteiger partial charge in [-0.25, -0.2) is 8.78 Å². The molecule has 1 nitrogen and oxygen atoms in total. The Bertz CT molecular complexity index is 614. The Kier molecular flexibility index (Phi) is 4.36. The molecule has 4 heteroatoms. The van der Waals surface area contributed by atoms with E-state index in [0.29, 0.717) is 6.42 Å². The molecule has 0 spiro atoms. The second-order valence-electron chi connectivity index (χ2n) is 5.51. The van der Waals surface area contributed by atoms with Crippen molar-refractivity contribution in [1.82, 2.24) is 5.32 Å². The van der Waals surface area contributed by atoms with Crippen LogP contribution in [0.15, 0.2) is 24.3 Å². The predicted octanol–water partition coefficient (Wildman–Crippen LogP) is 4.41. The second-order valence-corrected chi connectivity index (χ2v) is 6.68. The molecule has 0 radical (unpaired) electrons. The molecule has 0 fully saturated rings. The summed E-state index contributed by atoms with van der Waals surface area (Å²) in [5, 5.41) is 3.46. The van der Waals surface area contributed by atoms with Crippen LogP contribution in [0.2, 0.25) is 0 Å². The summed E-state index contributed by atoms with van der Waals surface area (Å²) in [6.07, 6.45) is 4.31. The maximum absolute atomic E-state index is 13.4. The van der Waals surface area contributed by atoms with Gasteiger partial charge in [-0.3, -0.25) is 0 Å². The van der Waals surface area contributed by atoms with Crippen LogP contribution in [-0.2, 0) is 19.3 Å². The number of likely N-dealkylation sites (N-methyl/N-ethyl adjacent to an activating group) is 1. The van der Waals surface area contributed by atoms with Crippen molar-refractivity contribution in [3.05, 3.63) is 56.8 Å². The van der Waals surface area contributed by atoms with E-state index in [9.17, 15) is 8.78 Å². The molecule has 1 aromatic heterocycles. The lowest BCUT2D eigenvalue weighted by molar-refractivity contribution is 0.503. The number of benzene rings is 1. The number of hydrogen-bond donors (Lipinski definition) is 1. The molecule has 1 aromatic carbocycles. The van der Waals surface area contributed by atoms with E-state index in [0.717, 1.165) is 12.1 Å². The van der Waals surface area contributed by atoms with Gasteiger partial charge in [0.2, 0.25) is 0 Å². The van der Waals surface area contributed by atoms with Gasteiger partial charge in [0, 0.05) is 15.8 Å². The molecule has 1 N–H and O–H groups in total. The van der Waals surface area contributed by atoms with Gasteiger partial charge in [-0.2, -0.15) is 0 Å². The zero-order chi connectivity index (χ0) is 14.8. The van der Waals surface area contributed by atoms with Crippen LogP contribution in [0.1, 0.15) is 40.3 Å². The van der Waals surface area contributed by atoms with Gasteiger partial charge in [0.15, 0.2) is 11.6 Å². The van der Waals surface area contributed by atoms with Crippen LogP contribution in [0.4, 0.5) is 8.78 Å². The number of halogens is 2. The first kappa shape index (κ1) is 14.7. The molecule has 3 rings (SSSR count). The molecular weight excluding hydrogens is 288 g/mol. The highest BCUT2D eigenvalue weighted by atomic mass is 32.1. The molecule has 0 bridgehead atoms. The molecule has 112 valence electrons. The zero-order valence-electron chi connectivity index (χ0n) is 12.1. The number of aryl methyl sites for hydroxylation is 2. The topological polar surface area (TPSA) is 12.0 Å². The van der Waals surface area contributed by atoms with Crippen molar-refractivity contribution < 1.29 is 8.78 Å². The zero-order valence-corrected chi connectivity index (χ0v) is 12.9. The minimum absolute atomic E-state index is 0.176. The number of thiophene rings is 1. The standard InChI is InChI=1S/C17H19F2NS/c1-2-20-15(9-11-6-7-13(18)14(19)8-11)17-10-12-4-3-5-16(12)21-17/h6-8,10,15,20H,2-5,9H2,1H3. The summed E-state index contributed by atoms with van der Waals surface area (Å²) in [5.74, 6) is -1.55. The van der Waals surface area contributed by atoms with Crippen molar-refractivity contribution in [2.24, 2.45) is 0 Å². The Morgan fingerprint density at radius 3 is 2.76 bits per heavy atom. The number of hydrogen-bond acceptors (Lipinski definition) is 2. The minimum Gasteiger partial charge on any atom is -0.309 e. The van der Waals surface area contributed by atoms with E-state index in [4.69, 9.17) is 0 Å². The summed E-state index contributed by atoms with van der Waals surface area (Å²) in [6.45, 7) is 2.93. The molecule has 0 aliphatic heterocycles. The van der Waals surface area contributed by atoms with E-state index in [1.807, 2.05) is 11.3 Å². The van der Waals surface area contributed by atoms with Gasteiger partial charge in [-0.05, 0) is 61.6 Å².